The molecule has 0 heterocycles. The molecule has 0 aromatic heterocycles. The summed E-state index contributed by atoms with van der Waals surface area (Å²) < 4.78 is 0. The highest BCUT2D eigenvalue weighted by Gasteiger charge is 2.08. The molecule has 0 amide bonds. The predicted octanol–water partition coefficient (Wildman–Crippen LogP) is 3.60. The Labute approximate surface area is 110 Å². The van der Waals surface area contributed by atoms with Crippen LogP contribution in [-0.2, 0) is 6.42 Å². The van der Waals surface area contributed by atoms with E-state index >= 15 is 0 Å². The zero-order valence-corrected chi connectivity index (χ0v) is 11.9. The van der Waals surface area contributed by atoms with Gasteiger partial charge in [0, 0.05) is 0 Å². The molecule has 0 aliphatic carbocycles. The van der Waals surface area contributed by atoms with Crippen molar-refractivity contribution >= 4 is 11.8 Å². The number of benzene rings is 1. The van der Waals surface area contributed by atoms with Gasteiger partial charge in [-0.1, -0.05) is 44.2 Å². The SMILES string of the molecule is CCNCC(CCSCC)Cc1ccccc1. The lowest BCUT2D eigenvalue weighted by atomic mass is 9.97. The fraction of sp³-hybridized carbons (Fsp3) is 0.600. The van der Waals surface area contributed by atoms with Crippen molar-refractivity contribution in [2.24, 2.45) is 5.92 Å². The molecule has 1 aromatic rings. The lowest BCUT2D eigenvalue weighted by molar-refractivity contribution is 0.470. The maximum absolute atomic E-state index is 3.49. The molecule has 0 aliphatic heterocycles. The van der Waals surface area contributed by atoms with E-state index in [2.05, 4.69) is 61.3 Å². The van der Waals surface area contributed by atoms with Gasteiger partial charge in [-0.05, 0) is 48.9 Å². The molecule has 0 saturated heterocycles. The molecule has 1 atom stereocenters. The molecule has 0 saturated carbocycles. The fourth-order valence-electron chi connectivity index (χ4n) is 1.97. The zero-order chi connectivity index (χ0) is 12.3. The summed E-state index contributed by atoms with van der Waals surface area (Å²) >= 11 is 2.05. The Hall–Kier alpha value is -0.470. The van der Waals surface area contributed by atoms with Crippen LogP contribution in [0.25, 0.3) is 0 Å². The van der Waals surface area contributed by atoms with E-state index in [9.17, 15) is 0 Å². The summed E-state index contributed by atoms with van der Waals surface area (Å²) in [4.78, 5) is 0. The minimum Gasteiger partial charge on any atom is -0.317 e. The standard InChI is InChI=1S/C15H25NS/c1-3-16-13-15(10-11-17-4-2)12-14-8-6-5-7-9-14/h5-9,15-16H,3-4,10-13H2,1-2H3. The molecule has 96 valence electrons. The van der Waals surface area contributed by atoms with Gasteiger partial charge in [-0.2, -0.15) is 11.8 Å². The van der Waals surface area contributed by atoms with Crippen molar-refractivity contribution in [3.05, 3.63) is 35.9 Å². The Morgan fingerprint density at radius 3 is 2.59 bits per heavy atom. The van der Waals surface area contributed by atoms with Crippen LogP contribution in [0.4, 0.5) is 0 Å². The summed E-state index contributed by atoms with van der Waals surface area (Å²) in [6, 6.07) is 10.9. The van der Waals surface area contributed by atoms with Crippen molar-refractivity contribution in [3.8, 4) is 0 Å². The highest BCUT2D eigenvalue weighted by Crippen LogP contribution is 2.15. The van der Waals surface area contributed by atoms with Crippen molar-refractivity contribution in [1.82, 2.24) is 5.32 Å². The molecule has 1 nitrogen and oxygen atoms in total. The molecule has 0 spiro atoms. The molecule has 1 N–H and O–H groups in total. The van der Waals surface area contributed by atoms with Gasteiger partial charge in [0.1, 0.15) is 0 Å². The topological polar surface area (TPSA) is 12.0 Å². The van der Waals surface area contributed by atoms with Crippen molar-refractivity contribution in [3.63, 3.8) is 0 Å². The third kappa shape index (κ3) is 6.75. The number of hydrogen-bond donors (Lipinski definition) is 1. The van der Waals surface area contributed by atoms with E-state index in [1.807, 2.05) is 0 Å². The minimum absolute atomic E-state index is 0.774. The molecule has 2 heteroatoms. The molecule has 1 unspecified atom stereocenters. The number of rotatable bonds is 9. The Bertz CT molecular complexity index is 274. The Balaban J connectivity index is 2.39. The summed E-state index contributed by atoms with van der Waals surface area (Å²) in [7, 11) is 0. The zero-order valence-electron chi connectivity index (χ0n) is 11.1. The van der Waals surface area contributed by atoms with Crippen LogP contribution in [0.3, 0.4) is 0 Å². The van der Waals surface area contributed by atoms with Crippen LogP contribution in [0.15, 0.2) is 30.3 Å². The van der Waals surface area contributed by atoms with Crippen molar-refractivity contribution < 1.29 is 0 Å². The van der Waals surface area contributed by atoms with Gasteiger partial charge < -0.3 is 5.32 Å². The van der Waals surface area contributed by atoms with Crippen LogP contribution < -0.4 is 5.32 Å². The van der Waals surface area contributed by atoms with Gasteiger partial charge in [0.15, 0.2) is 0 Å². The largest absolute Gasteiger partial charge is 0.317 e. The summed E-state index contributed by atoms with van der Waals surface area (Å²) in [5, 5.41) is 3.49. The second-order valence-corrected chi connectivity index (χ2v) is 5.74. The van der Waals surface area contributed by atoms with Crippen LogP contribution in [-0.4, -0.2) is 24.6 Å². The van der Waals surface area contributed by atoms with E-state index in [1.54, 1.807) is 0 Å². The molecular weight excluding hydrogens is 226 g/mol. The van der Waals surface area contributed by atoms with E-state index in [-0.39, 0.29) is 0 Å². The van der Waals surface area contributed by atoms with E-state index in [1.165, 1.54) is 29.9 Å². The molecule has 0 radical (unpaired) electrons. The van der Waals surface area contributed by atoms with E-state index < -0.39 is 0 Å². The van der Waals surface area contributed by atoms with Crippen molar-refractivity contribution in [1.29, 1.82) is 0 Å². The van der Waals surface area contributed by atoms with Crippen LogP contribution >= 0.6 is 11.8 Å². The molecule has 0 fully saturated rings. The fourth-order valence-corrected chi connectivity index (χ4v) is 2.76. The Kier molecular flexibility index (Phi) is 8.20. The molecule has 0 bridgehead atoms. The van der Waals surface area contributed by atoms with Gasteiger partial charge >= 0.3 is 0 Å². The molecular formula is C15H25NS. The van der Waals surface area contributed by atoms with Crippen LogP contribution in [0.1, 0.15) is 25.8 Å². The third-order valence-electron chi connectivity index (χ3n) is 2.92. The molecule has 0 aliphatic rings. The normalized spacial score (nSPS) is 12.6. The first-order valence-electron chi connectivity index (χ1n) is 6.69. The van der Waals surface area contributed by atoms with Crippen LogP contribution in [0, 0.1) is 5.92 Å². The average Bonchev–Trinajstić information content (AvgIpc) is 2.37. The molecule has 1 rings (SSSR count). The highest BCUT2D eigenvalue weighted by atomic mass is 32.2. The smallest absolute Gasteiger partial charge is 0.00172 e. The molecule has 1 aromatic carbocycles. The second kappa shape index (κ2) is 9.55. The minimum atomic E-state index is 0.774. The first kappa shape index (κ1) is 14.6. The Morgan fingerprint density at radius 2 is 1.94 bits per heavy atom. The third-order valence-corrected chi connectivity index (χ3v) is 3.86. The second-order valence-electron chi connectivity index (χ2n) is 4.35. The van der Waals surface area contributed by atoms with Gasteiger partial charge in [0.05, 0.1) is 0 Å². The lowest BCUT2D eigenvalue weighted by Gasteiger charge is -2.17. The summed E-state index contributed by atoms with van der Waals surface area (Å²) in [6.07, 6.45) is 2.53. The van der Waals surface area contributed by atoms with Gasteiger partial charge in [0.2, 0.25) is 0 Å². The molecule has 17 heavy (non-hydrogen) atoms. The Morgan fingerprint density at radius 1 is 1.18 bits per heavy atom. The van der Waals surface area contributed by atoms with Crippen molar-refractivity contribution in [2.75, 3.05) is 24.6 Å². The van der Waals surface area contributed by atoms with E-state index in [0.717, 1.165) is 19.0 Å². The highest BCUT2D eigenvalue weighted by molar-refractivity contribution is 7.99. The number of nitrogens with one attached hydrogen (secondary N) is 1. The van der Waals surface area contributed by atoms with Gasteiger partial charge in [-0.15, -0.1) is 0 Å². The van der Waals surface area contributed by atoms with Crippen molar-refractivity contribution in [2.45, 2.75) is 26.7 Å². The van der Waals surface area contributed by atoms with Gasteiger partial charge in [-0.25, -0.2) is 0 Å². The van der Waals surface area contributed by atoms with Crippen LogP contribution in [0.5, 0.6) is 0 Å². The number of hydrogen-bond acceptors (Lipinski definition) is 2. The van der Waals surface area contributed by atoms with Crippen LogP contribution in [0.2, 0.25) is 0 Å². The van der Waals surface area contributed by atoms with E-state index in [0.29, 0.717) is 0 Å². The first-order valence-corrected chi connectivity index (χ1v) is 7.84. The summed E-state index contributed by atoms with van der Waals surface area (Å²) in [6.45, 7) is 6.64. The number of thioether (sulfide) groups is 1. The maximum Gasteiger partial charge on any atom is -0.00172 e. The summed E-state index contributed by atoms with van der Waals surface area (Å²) in [5.41, 5.74) is 1.47. The quantitative estimate of drug-likeness (QED) is 0.673. The first-order chi connectivity index (χ1) is 8.36. The average molecular weight is 251 g/mol. The van der Waals surface area contributed by atoms with Gasteiger partial charge in [0.25, 0.3) is 0 Å². The van der Waals surface area contributed by atoms with Gasteiger partial charge in [-0.3, -0.25) is 0 Å². The monoisotopic (exact) mass is 251 g/mol. The maximum atomic E-state index is 3.49. The predicted molar refractivity (Wildman–Crippen MR) is 79.8 cm³/mol. The summed E-state index contributed by atoms with van der Waals surface area (Å²) in [5.74, 6) is 3.30. The lowest BCUT2D eigenvalue weighted by Crippen LogP contribution is -2.24. The van der Waals surface area contributed by atoms with E-state index in [4.69, 9.17) is 0 Å².